The molecular formula is C15H13F2NO5. The van der Waals surface area contributed by atoms with Crippen LogP contribution < -0.4 is 10.2 Å². The molecule has 0 spiro atoms. The number of nitrogens with zero attached hydrogens (tertiary/aromatic N) is 1. The average molecular weight is 325 g/mol. The number of fused-ring (bicyclic) bond motifs is 1. The molecule has 0 unspecified atom stereocenters. The average Bonchev–Trinajstić information content (AvgIpc) is 2.44. The molecular weight excluding hydrogens is 312 g/mol. The Balaban J connectivity index is 2.42. The van der Waals surface area contributed by atoms with Crippen LogP contribution in [-0.4, -0.2) is 35.5 Å². The smallest absolute Gasteiger partial charge is 0.341 e. The number of pyridine rings is 1. The molecule has 0 saturated carbocycles. The fourth-order valence-electron chi connectivity index (χ4n) is 2.52. The summed E-state index contributed by atoms with van der Waals surface area (Å²) in [5.74, 6) is -4.12. The number of benzene rings is 1. The van der Waals surface area contributed by atoms with Crippen molar-refractivity contribution in [2.75, 3.05) is 19.8 Å². The predicted octanol–water partition coefficient (Wildman–Crippen LogP) is 1.95. The fraction of sp³-hybridized carbons (Fsp3) is 0.333. The molecule has 1 N–H and O–H groups in total. The summed E-state index contributed by atoms with van der Waals surface area (Å²) in [7, 11) is 0. The minimum atomic E-state index is -1.46. The van der Waals surface area contributed by atoms with Gasteiger partial charge in [0.15, 0.2) is 17.4 Å². The second-order valence-electron chi connectivity index (χ2n) is 5.11. The predicted molar refractivity (Wildman–Crippen MR) is 76.1 cm³/mol. The van der Waals surface area contributed by atoms with Gasteiger partial charge in [-0.25, -0.2) is 13.6 Å². The number of aromatic nitrogens is 1. The summed E-state index contributed by atoms with van der Waals surface area (Å²) in [4.78, 5) is 23.5. The SMILES string of the molecule is CCOc1c(F)cc2c(=O)c(C(=O)O)cn(C3COC3)c2c1F. The van der Waals surface area contributed by atoms with Crippen LogP contribution in [0.4, 0.5) is 8.78 Å². The summed E-state index contributed by atoms with van der Waals surface area (Å²) in [6, 6.07) is 0.486. The Morgan fingerprint density at radius 2 is 2.17 bits per heavy atom. The molecule has 0 atom stereocenters. The van der Waals surface area contributed by atoms with E-state index in [2.05, 4.69) is 0 Å². The van der Waals surface area contributed by atoms with Crippen LogP contribution in [0.25, 0.3) is 10.9 Å². The second-order valence-corrected chi connectivity index (χ2v) is 5.11. The maximum atomic E-state index is 14.7. The van der Waals surface area contributed by atoms with E-state index in [0.717, 1.165) is 12.3 Å². The maximum absolute atomic E-state index is 14.7. The van der Waals surface area contributed by atoms with Crippen LogP contribution in [0.1, 0.15) is 23.3 Å². The summed E-state index contributed by atoms with van der Waals surface area (Å²) >= 11 is 0. The summed E-state index contributed by atoms with van der Waals surface area (Å²) in [5, 5.41) is 8.80. The number of aromatic carboxylic acids is 1. The zero-order chi connectivity index (χ0) is 16.7. The third kappa shape index (κ3) is 2.35. The molecule has 8 heteroatoms. The molecule has 1 aliphatic rings. The van der Waals surface area contributed by atoms with Crippen molar-refractivity contribution in [3.8, 4) is 5.75 Å². The lowest BCUT2D eigenvalue weighted by Crippen LogP contribution is -2.33. The lowest BCUT2D eigenvalue weighted by molar-refractivity contribution is -0.0219. The van der Waals surface area contributed by atoms with Gasteiger partial charge in [-0.1, -0.05) is 0 Å². The molecule has 0 amide bonds. The number of hydrogen-bond donors (Lipinski definition) is 1. The van der Waals surface area contributed by atoms with Crippen molar-refractivity contribution in [1.29, 1.82) is 0 Å². The van der Waals surface area contributed by atoms with Crippen LogP contribution in [0.2, 0.25) is 0 Å². The van der Waals surface area contributed by atoms with E-state index in [1.807, 2.05) is 0 Å². The quantitative estimate of drug-likeness (QED) is 0.929. The second kappa shape index (κ2) is 5.62. The first kappa shape index (κ1) is 15.4. The van der Waals surface area contributed by atoms with Crippen molar-refractivity contribution in [2.45, 2.75) is 13.0 Å². The van der Waals surface area contributed by atoms with Crippen LogP contribution in [-0.2, 0) is 4.74 Å². The van der Waals surface area contributed by atoms with Crippen molar-refractivity contribution in [2.24, 2.45) is 0 Å². The highest BCUT2D eigenvalue weighted by atomic mass is 19.1. The summed E-state index contributed by atoms with van der Waals surface area (Å²) in [6.45, 7) is 2.11. The van der Waals surface area contributed by atoms with Crippen LogP contribution in [0, 0.1) is 11.6 Å². The molecule has 0 aliphatic carbocycles. The van der Waals surface area contributed by atoms with Crippen molar-refractivity contribution in [3.63, 3.8) is 0 Å². The van der Waals surface area contributed by atoms with E-state index in [1.165, 1.54) is 4.57 Å². The van der Waals surface area contributed by atoms with Crippen molar-refractivity contribution in [1.82, 2.24) is 4.57 Å². The first-order valence-corrected chi connectivity index (χ1v) is 6.96. The van der Waals surface area contributed by atoms with Crippen molar-refractivity contribution < 1.29 is 28.2 Å². The van der Waals surface area contributed by atoms with E-state index in [4.69, 9.17) is 14.6 Å². The molecule has 2 heterocycles. The van der Waals surface area contributed by atoms with E-state index in [-0.39, 0.29) is 36.8 Å². The largest absolute Gasteiger partial charge is 0.488 e. The van der Waals surface area contributed by atoms with Gasteiger partial charge in [0.2, 0.25) is 5.43 Å². The molecule has 2 aromatic rings. The number of halogens is 2. The number of rotatable bonds is 4. The monoisotopic (exact) mass is 325 g/mol. The Morgan fingerprint density at radius 1 is 1.48 bits per heavy atom. The van der Waals surface area contributed by atoms with Gasteiger partial charge in [-0.2, -0.15) is 0 Å². The molecule has 0 radical (unpaired) electrons. The maximum Gasteiger partial charge on any atom is 0.341 e. The number of carbonyl (C=O) groups is 1. The van der Waals surface area contributed by atoms with Crippen LogP contribution >= 0.6 is 0 Å². The first-order valence-electron chi connectivity index (χ1n) is 6.96. The van der Waals surface area contributed by atoms with Gasteiger partial charge < -0.3 is 19.1 Å². The van der Waals surface area contributed by atoms with Gasteiger partial charge >= 0.3 is 5.97 Å². The van der Waals surface area contributed by atoms with Gasteiger partial charge in [0, 0.05) is 6.20 Å². The minimum Gasteiger partial charge on any atom is -0.488 e. The first-order chi connectivity index (χ1) is 11.0. The molecule has 1 aromatic heterocycles. The Morgan fingerprint density at radius 3 is 2.70 bits per heavy atom. The Kier molecular flexibility index (Phi) is 3.77. The molecule has 0 bridgehead atoms. The van der Waals surface area contributed by atoms with E-state index < -0.39 is 34.3 Å². The summed E-state index contributed by atoms with van der Waals surface area (Å²) in [5.41, 5.74) is -1.67. The molecule has 1 aliphatic heterocycles. The highest BCUT2D eigenvalue weighted by molar-refractivity contribution is 5.93. The molecule has 3 rings (SSSR count). The van der Waals surface area contributed by atoms with Crippen molar-refractivity contribution in [3.05, 3.63) is 39.7 Å². The van der Waals surface area contributed by atoms with Gasteiger partial charge in [0.25, 0.3) is 0 Å². The van der Waals surface area contributed by atoms with Crippen LogP contribution in [0.15, 0.2) is 17.1 Å². The lowest BCUT2D eigenvalue weighted by Gasteiger charge is -2.30. The standard InChI is InChI=1S/C15H13F2NO5/c1-2-23-14-10(16)3-8-12(11(14)17)18(7-5-22-6-7)4-9(13(8)19)15(20)21/h3-4,7H,2,5-6H2,1H3,(H,20,21). The van der Waals surface area contributed by atoms with E-state index in [9.17, 15) is 18.4 Å². The van der Waals surface area contributed by atoms with E-state index >= 15 is 0 Å². The molecule has 1 saturated heterocycles. The minimum absolute atomic E-state index is 0.0450. The third-order valence-corrected chi connectivity index (χ3v) is 3.70. The summed E-state index contributed by atoms with van der Waals surface area (Å²) in [6.07, 6.45) is 1.07. The number of hydrogen-bond acceptors (Lipinski definition) is 4. The molecule has 23 heavy (non-hydrogen) atoms. The highest BCUT2D eigenvalue weighted by Gasteiger charge is 2.28. The molecule has 6 nitrogen and oxygen atoms in total. The van der Waals surface area contributed by atoms with E-state index in [0.29, 0.717) is 0 Å². The van der Waals surface area contributed by atoms with Gasteiger partial charge in [-0.3, -0.25) is 4.79 Å². The zero-order valence-corrected chi connectivity index (χ0v) is 12.1. The molecule has 1 aromatic carbocycles. The highest BCUT2D eigenvalue weighted by Crippen LogP contribution is 2.31. The topological polar surface area (TPSA) is 77.8 Å². The van der Waals surface area contributed by atoms with Crippen LogP contribution in [0.3, 0.4) is 0 Å². The molecule has 122 valence electrons. The fourth-order valence-corrected chi connectivity index (χ4v) is 2.52. The van der Waals surface area contributed by atoms with Crippen LogP contribution in [0.5, 0.6) is 5.75 Å². The van der Waals surface area contributed by atoms with Gasteiger partial charge in [0.05, 0.1) is 36.8 Å². The lowest BCUT2D eigenvalue weighted by atomic mass is 10.1. The van der Waals surface area contributed by atoms with Crippen molar-refractivity contribution >= 4 is 16.9 Å². The Bertz CT molecular complexity index is 857. The van der Waals surface area contributed by atoms with Gasteiger partial charge in [0.1, 0.15) is 5.56 Å². The molecule has 1 fully saturated rings. The zero-order valence-electron chi connectivity index (χ0n) is 12.1. The third-order valence-electron chi connectivity index (χ3n) is 3.70. The Labute approximate surface area is 128 Å². The Hall–Kier alpha value is -2.48. The van der Waals surface area contributed by atoms with Gasteiger partial charge in [-0.05, 0) is 13.0 Å². The number of carboxylic acid groups (broad SMARTS) is 1. The van der Waals surface area contributed by atoms with Gasteiger partial charge in [-0.15, -0.1) is 0 Å². The number of ether oxygens (including phenoxy) is 2. The summed E-state index contributed by atoms with van der Waals surface area (Å²) < 4.78 is 40.0. The normalized spacial score (nSPS) is 14.7. The van der Waals surface area contributed by atoms with E-state index in [1.54, 1.807) is 6.92 Å². The number of carboxylic acids is 1.